The topological polar surface area (TPSA) is 66.4 Å². The quantitative estimate of drug-likeness (QED) is 0.657. The second-order valence-corrected chi connectivity index (χ2v) is 6.23. The van der Waals surface area contributed by atoms with Crippen LogP contribution in [0.3, 0.4) is 0 Å². The summed E-state index contributed by atoms with van der Waals surface area (Å²) in [5.74, 6) is -2.67. The van der Waals surface area contributed by atoms with E-state index in [4.69, 9.17) is 0 Å². The smallest absolute Gasteiger partial charge is 0.316 e. The van der Waals surface area contributed by atoms with Gasteiger partial charge < -0.3 is 10.4 Å². The van der Waals surface area contributed by atoms with Crippen LogP contribution in [-0.4, -0.2) is 23.2 Å². The lowest BCUT2D eigenvalue weighted by molar-refractivity contribution is -0.149. The Kier molecular flexibility index (Phi) is 5.00. The Labute approximate surface area is 117 Å². The number of rotatable bonds is 4. The lowest BCUT2D eigenvalue weighted by Crippen LogP contribution is -2.39. The average Bonchev–Trinajstić information content (AvgIpc) is 2.27. The van der Waals surface area contributed by atoms with Crippen LogP contribution in [0.4, 0.5) is 5.69 Å². The van der Waals surface area contributed by atoms with E-state index < -0.39 is 23.2 Å². The van der Waals surface area contributed by atoms with Crippen LogP contribution in [0.2, 0.25) is 0 Å². The van der Waals surface area contributed by atoms with Crippen molar-refractivity contribution in [2.24, 2.45) is 11.3 Å². The summed E-state index contributed by atoms with van der Waals surface area (Å²) >= 11 is 1.61. The molecular formula is C14H19NO3S. The Balaban J connectivity index is 2.84. The summed E-state index contributed by atoms with van der Waals surface area (Å²) in [6.45, 7) is 5.21. The normalized spacial score (nSPS) is 12.8. The first kappa shape index (κ1) is 15.6. The molecule has 0 saturated carbocycles. The number of amides is 1. The molecule has 1 aromatic rings. The lowest BCUT2D eigenvalue weighted by atomic mass is 9.80. The molecule has 0 aliphatic carbocycles. The first-order valence-electron chi connectivity index (χ1n) is 5.93. The van der Waals surface area contributed by atoms with Gasteiger partial charge in [-0.3, -0.25) is 9.59 Å². The van der Waals surface area contributed by atoms with Crippen LogP contribution in [0.25, 0.3) is 0 Å². The van der Waals surface area contributed by atoms with Gasteiger partial charge in [-0.1, -0.05) is 20.8 Å². The molecule has 0 aliphatic rings. The number of hydrogen-bond donors (Lipinski definition) is 2. The van der Waals surface area contributed by atoms with E-state index in [9.17, 15) is 14.7 Å². The van der Waals surface area contributed by atoms with Crippen LogP contribution in [-0.2, 0) is 9.59 Å². The van der Waals surface area contributed by atoms with Crippen molar-refractivity contribution in [3.63, 3.8) is 0 Å². The molecule has 0 spiro atoms. The van der Waals surface area contributed by atoms with Gasteiger partial charge in [0, 0.05) is 10.6 Å². The van der Waals surface area contributed by atoms with Crippen LogP contribution >= 0.6 is 11.8 Å². The number of aliphatic carboxylic acids is 1. The molecule has 1 amide bonds. The monoisotopic (exact) mass is 281 g/mol. The third-order valence-electron chi connectivity index (χ3n) is 2.73. The van der Waals surface area contributed by atoms with E-state index in [1.54, 1.807) is 44.7 Å². The molecule has 1 atom stereocenters. The summed E-state index contributed by atoms with van der Waals surface area (Å²) in [5, 5.41) is 11.8. The summed E-state index contributed by atoms with van der Waals surface area (Å²) in [7, 11) is 0. The molecule has 5 heteroatoms. The fraction of sp³-hybridized carbons (Fsp3) is 0.429. The fourth-order valence-corrected chi connectivity index (χ4v) is 2.17. The van der Waals surface area contributed by atoms with Crippen LogP contribution in [0.15, 0.2) is 29.2 Å². The van der Waals surface area contributed by atoms with Gasteiger partial charge in [0.25, 0.3) is 0 Å². The molecule has 1 rings (SSSR count). The van der Waals surface area contributed by atoms with Crippen molar-refractivity contribution in [3.8, 4) is 0 Å². The Morgan fingerprint density at radius 2 is 1.74 bits per heavy atom. The number of carboxylic acids is 1. The summed E-state index contributed by atoms with van der Waals surface area (Å²) in [5.41, 5.74) is -0.0203. The van der Waals surface area contributed by atoms with Crippen molar-refractivity contribution < 1.29 is 14.7 Å². The number of carbonyl (C=O) groups excluding carboxylic acids is 1. The van der Waals surface area contributed by atoms with Crippen LogP contribution in [0.5, 0.6) is 0 Å². The Morgan fingerprint density at radius 1 is 1.21 bits per heavy atom. The van der Waals surface area contributed by atoms with Crippen LogP contribution in [0, 0.1) is 11.3 Å². The van der Waals surface area contributed by atoms with E-state index >= 15 is 0 Å². The highest BCUT2D eigenvalue weighted by molar-refractivity contribution is 7.98. The van der Waals surface area contributed by atoms with Crippen molar-refractivity contribution in [1.82, 2.24) is 0 Å². The minimum atomic E-state index is -1.11. The molecule has 0 fully saturated rings. The van der Waals surface area contributed by atoms with Gasteiger partial charge in [0.2, 0.25) is 5.91 Å². The van der Waals surface area contributed by atoms with Crippen molar-refractivity contribution in [2.75, 3.05) is 11.6 Å². The number of anilines is 1. The number of thioether (sulfide) groups is 1. The molecule has 4 nitrogen and oxygen atoms in total. The predicted molar refractivity (Wildman–Crippen MR) is 77.4 cm³/mol. The maximum absolute atomic E-state index is 12.1. The molecule has 0 bridgehead atoms. The van der Waals surface area contributed by atoms with E-state index in [1.165, 1.54) is 0 Å². The molecule has 2 N–H and O–H groups in total. The summed E-state index contributed by atoms with van der Waals surface area (Å²) in [6.07, 6.45) is 1.97. The van der Waals surface area contributed by atoms with Gasteiger partial charge in [-0.2, -0.15) is 0 Å². The maximum atomic E-state index is 12.1. The van der Waals surface area contributed by atoms with Gasteiger partial charge in [-0.15, -0.1) is 11.8 Å². The third-order valence-corrected chi connectivity index (χ3v) is 3.48. The number of hydrogen-bond acceptors (Lipinski definition) is 3. The molecule has 0 radical (unpaired) electrons. The van der Waals surface area contributed by atoms with E-state index in [2.05, 4.69) is 5.32 Å². The highest BCUT2D eigenvalue weighted by atomic mass is 32.2. The molecular weight excluding hydrogens is 262 g/mol. The Bertz CT molecular complexity index is 463. The molecule has 0 saturated heterocycles. The van der Waals surface area contributed by atoms with Gasteiger partial charge >= 0.3 is 5.97 Å². The second-order valence-electron chi connectivity index (χ2n) is 5.36. The molecule has 1 unspecified atom stereocenters. The molecule has 0 heterocycles. The summed E-state index contributed by atoms with van der Waals surface area (Å²) in [6, 6.07) is 7.30. The zero-order valence-electron chi connectivity index (χ0n) is 11.6. The Hall–Kier alpha value is -1.49. The van der Waals surface area contributed by atoms with Gasteiger partial charge in [0.1, 0.15) is 5.92 Å². The number of benzene rings is 1. The zero-order valence-corrected chi connectivity index (χ0v) is 12.4. The van der Waals surface area contributed by atoms with E-state index in [-0.39, 0.29) is 0 Å². The largest absolute Gasteiger partial charge is 0.481 e. The van der Waals surface area contributed by atoms with Crippen molar-refractivity contribution in [2.45, 2.75) is 25.7 Å². The first-order valence-corrected chi connectivity index (χ1v) is 7.16. The molecule has 19 heavy (non-hydrogen) atoms. The minimum absolute atomic E-state index is 0.489. The second kappa shape index (κ2) is 6.10. The van der Waals surface area contributed by atoms with Crippen LogP contribution < -0.4 is 5.32 Å². The van der Waals surface area contributed by atoms with Gasteiger partial charge in [-0.25, -0.2) is 0 Å². The summed E-state index contributed by atoms with van der Waals surface area (Å²) in [4.78, 5) is 24.4. The number of carbonyl (C=O) groups is 2. The molecule has 104 valence electrons. The first-order chi connectivity index (χ1) is 8.75. The lowest BCUT2D eigenvalue weighted by Gasteiger charge is -2.25. The van der Waals surface area contributed by atoms with Crippen molar-refractivity contribution in [1.29, 1.82) is 0 Å². The van der Waals surface area contributed by atoms with E-state index in [1.807, 2.05) is 18.4 Å². The molecule has 1 aromatic carbocycles. The Morgan fingerprint density at radius 3 is 2.11 bits per heavy atom. The maximum Gasteiger partial charge on any atom is 0.316 e. The third kappa shape index (κ3) is 4.28. The van der Waals surface area contributed by atoms with Gasteiger partial charge in [0.05, 0.1) is 0 Å². The van der Waals surface area contributed by atoms with Gasteiger partial charge in [-0.05, 0) is 35.9 Å². The predicted octanol–water partition coefficient (Wildman–Crippen LogP) is 3.09. The summed E-state index contributed by atoms with van der Waals surface area (Å²) < 4.78 is 0. The van der Waals surface area contributed by atoms with E-state index in [0.717, 1.165) is 4.90 Å². The minimum Gasteiger partial charge on any atom is -0.481 e. The van der Waals surface area contributed by atoms with E-state index in [0.29, 0.717) is 5.69 Å². The average molecular weight is 281 g/mol. The number of carboxylic acid groups (broad SMARTS) is 1. The molecule has 0 aliphatic heterocycles. The van der Waals surface area contributed by atoms with Crippen LogP contribution in [0.1, 0.15) is 20.8 Å². The highest BCUT2D eigenvalue weighted by Gasteiger charge is 2.37. The van der Waals surface area contributed by atoms with Gasteiger partial charge in [0.15, 0.2) is 0 Å². The van der Waals surface area contributed by atoms with Crippen molar-refractivity contribution in [3.05, 3.63) is 24.3 Å². The molecule has 0 aromatic heterocycles. The fourth-order valence-electron chi connectivity index (χ4n) is 1.76. The SMILES string of the molecule is CSc1ccc(NC(=O)C(C(=O)O)C(C)(C)C)cc1. The standard InChI is InChI=1S/C14H19NO3S/c1-14(2,3)11(13(17)18)12(16)15-9-5-7-10(19-4)8-6-9/h5-8,11H,1-4H3,(H,15,16)(H,17,18). The highest BCUT2D eigenvalue weighted by Crippen LogP contribution is 2.27. The zero-order chi connectivity index (χ0) is 14.6. The van der Waals surface area contributed by atoms with Crippen molar-refractivity contribution >= 4 is 29.3 Å². The number of nitrogens with one attached hydrogen (secondary N) is 1.